The number of fused-ring (bicyclic) bond motifs is 1. The SMILES string of the molecule is CC1=C(C)C(=O)[C@]2(C)C(c3ccc(C)cc3)(c3ccc(C)cc3)C[C@]2(C)C1=O. The van der Waals surface area contributed by atoms with Gasteiger partial charge in [-0.15, -0.1) is 0 Å². The molecule has 0 amide bonds. The normalized spacial score (nSPS) is 28.8. The van der Waals surface area contributed by atoms with Crippen molar-refractivity contribution < 1.29 is 9.59 Å². The highest BCUT2D eigenvalue weighted by Gasteiger charge is 2.77. The minimum absolute atomic E-state index is 0.111. The third-order valence-corrected chi connectivity index (χ3v) is 7.86. The second-order valence-electron chi connectivity index (χ2n) is 9.18. The van der Waals surface area contributed by atoms with E-state index in [0.717, 1.165) is 11.1 Å². The van der Waals surface area contributed by atoms with E-state index in [9.17, 15) is 9.59 Å². The summed E-state index contributed by atoms with van der Waals surface area (Å²) in [6.07, 6.45) is 0.651. The van der Waals surface area contributed by atoms with Crippen LogP contribution in [0.5, 0.6) is 0 Å². The van der Waals surface area contributed by atoms with Crippen molar-refractivity contribution in [1.82, 2.24) is 0 Å². The lowest BCUT2D eigenvalue weighted by Crippen LogP contribution is -2.73. The first-order valence-electron chi connectivity index (χ1n) is 10.0. The van der Waals surface area contributed by atoms with E-state index in [2.05, 4.69) is 62.4 Å². The van der Waals surface area contributed by atoms with Gasteiger partial charge in [0.05, 0.1) is 5.41 Å². The number of aryl methyl sites for hydroxylation is 2. The molecule has 0 heterocycles. The van der Waals surface area contributed by atoms with E-state index in [0.29, 0.717) is 17.6 Å². The predicted molar refractivity (Wildman–Crippen MR) is 112 cm³/mol. The van der Waals surface area contributed by atoms with Crippen LogP contribution in [-0.4, -0.2) is 11.6 Å². The maximum atomic E-state index is 13.8. The van der Waals surface area contributed by atoms with Crippen molar-refractivity contribution in [3.63, 3.8) is 0 Å². The Morgan fingerprint density at radius 2 is 1.04 bits per heavy atom. The number of allylic oxidation sites excluding steroid dienone is 2. The number of hydrogen-bond donors (Lipinski definition) is 0. The molecule has 144 valence electrons. The number of carbonyl (C=O) groups is 2. The molecule has 2 aromatic carbocycles. The summed E-state index contributed by atoms with van der Waals surface area (Å²) in [5.74, 6) is 0.237. The number of benzene rings is 2. The molecule has 2 atom stereocenters. The van der Waals surface area contributed by atoms with Crippen molar-refractivity contribution in [3.05, 3.63) is 81.9 Å². The summed E-state index contributed by atoms with van der Waals surface area (Å²) in [7, 11) is 0. The number of carbonyl (C=O) groups excluding carboxylic acids is 2. The highest BCUT2D eigenvalue weighted by atomic mass is 16.1. The van der Waals surface area contributed by atoms with Crippen molar-refractivity contribution >= 4 is 11.6 Å². The molecule has 0 spiro atoms. The lowest BCUT2D eigenvalue weighted by Gasteiger charge is -2.69. The average Bonchev–Trinajstić information content (AvgIpc) is 2.69. The van der Waals surface area contributed by atoms with E-state index in [1.165, 1.54) is 11.1 Å². The van der Waals surface area contributed by atoms with Crippen LogP contribution < -0.4 is 0 Å². The van der Waals surface area contributed by atoms with Gasteiger partial charge in [0, 0.05) is 10.8 Å². The Labute approximate surface area is 167 Å². The number of ketones is 2. The van der Waals surface area contributed by atoms with Gasteiger partial charge in [-0.05, 0) is 56.4 Å². The maximum Gasteiger partial charge on any atom is 0.167 e. The second kappa shape index (κ2) is 5.76. The minimum Gasteiger partial charge on any atom is -0.294 e. The van der Waals surface area contributed by atoms with Gasteiger partial charge in [0.1, 0.15) is 0 Å². The molecule has 1 saturated carbocycles. The van der Waals surface area contributed by atoms with Crippen LogP contribution in [0.1, 0.15) is 56.4 Å². The summed E-state index contributed by atoms with van der Waals surface area (Å²) in [5, 5.41) is 0. The molecular formula is C26H28O2. The molecule has 0 radical (unpaired) electrons. The van der Waals surface area contributed by atoms with Gasteiger partial charge >= 0.3 is 0 Å². The molecule has 2 heteroatoms. The fourth-order valence-corrected chi connectivity index (χ4v) is 5.75. The standard InChI is InChI=1S/C26H28O2/c1-16-7-11-20(12-8-16)26(21-13-9-17(2)10-14-21)15-24(5)22(27)18(3)19(4)23(28)25(24,26)6/h7-14H,15H2,1-6H3/t24-,25+/m1/s1. The zero-order valence-corrected chi connectivity index (χ0v) is 17.6. The van der Waals surface area contributed by atoms with Crippen LogP contribution in [0, 0.1) is 24.7 Å². The topological polar surface area (TPSA) is 34.1 Å². The van der Waals surface area contributed by atoms with Crippen molar-refractivity contribution in [2.24, 2.45) is 10.8 Å². The van der Waals surface area contributed by atoms with Crippen LogP contribution >= 0.6 is 0 Å². The molecule has 2 nitrogen and oxygen atoms in total. The molecule has 2 aliphatic rings. The Balaban J connectivity index is 2.04. The molecule has 0 N–H and O–H groups in total. The quantitative estimate of drug-likeness (QED) is 0.698. The lowest BCUT2D eigenvalue weighted by atomic mass is 9.30. The van der Waals surface area contributed by atoms with E-state index in [1.54, 1.807) is 6.92 Å². The molecule has 1 fully saturated rings. The van der Waals surface area contributed by atoms with Crippen LogP contribution in [-0.2, 0) is 15.0 Å². The molecule has 2 aromatic rings. The summed E-state index contributed by atoms with van der Waals surface area (Å²) < 4.78 is 0. The van der Waals surface area contributed by atoms with Gasteiger partial charge < -0.3 is 0 Å². The summed E-state index contributed by atoms with van der Waals surface area (Å²) in [6, 6.07) is 17.0. The fourth-order valence-electron chi connectivity index (χ4n) is 5.75. The van der Waals surface area contributed by atoms with Crippen molar-refractivity contribution in [3.8, 4) is 0 Å². The van der Waals surface area contributed by atoms with Gasteiger partial charge in [-0.3, -0.25) is 9.59 Å². The van der Waals surface area contributed by atoms with E-state index in [4.69, 9.17) is 0 Å². The Kier molecular flexibility index (Phi) is 3.88. The first-order chi connectivity index (χ1) is 13.1. The zero-order chi connectivity index (χ0) is 20.5. The smallest absolute Gasteiger partial charge is 0.167 e. The van der Waals surface area contributed by atoms with Gasteiger partial charge in [0.2, 0.25) is 0 Å². The maximum absolute atomic E-state index is 13.8. The highest BCUT2D eigenvalue weighted by molar-refractivity contribution is 6.19. The van der Waals surface area contributed by atoms with E-state index in [-0.39, 0.29) is 11.6 Å². The van der Waals surface area contributed by atoms with Gasteiger partial charge in [-0.1, -0.05) is 73.5 Å². The first-order valence-corrected chi connectivity index (χ1v) is 10.0. The third kappa shape index (κ3) is 1.98. The Morgan fingerprint density at radius 1 is 0.643 bits per heavy atom. The zero-order valence-electron chi connectivity index (χ0n) is 17.6. The molecule has 4 rings (SSSR count). The largest absolute Gasteiger partial charge is 0.294 e. The molecule has 0 bridgehead atoms. The summed E-state index contributed by atoms with van der Waals surface area (Å²) in [6.45, 7) is 11.8. The molecule has 28 heavy (non-hydrogen) atoms. The van der Waals surface area contributed by atoms with Gasteiger partial charge in [0.25, 0.3) is 0 Å². The van der Waals surface area contributed by atoms with E-state index >= 15 is 0 Å². The Bertz CT molecular complexity index is 978. The molecule has 0 aromatic heterocycles. The molecule has 2 aliphatic carbocycles. The lowest BCUT2D eigenvalue weighted by molar-refractivity contribution is -0.175. The minimum atomic E-state index is -0.800. The Morgan fingerprint density at radius 3 is 1.46 bits per heavy atom. The van der Waals surface area contributed by atoms with Crippen LogP contribution in [0.3, 0.4) is 0 Å². The van der Waals surface area contributed by atoms with E-state index < -0.39 is 16.2 Å². The van der Waals surface area contributed by atoms with E-state index in [1.807, 2.05) is 20.8 Å². The van der Waals surface area contributed by atoms with Crippen LogP contribution in [0.2, 0.25) is 0 Å². The molecular weight excluding hydrogens is 344 g/mol. The molecule has 0 saturated heterocycles. The summed E-state index contributed by atoms with van der Waals surface area (Å²) in [5.41, 5.74) is 3.89. The fraction of sp³-hybridized carbons (Fsp3) is 0.385. The average molecular weight is 373 g/mol. The number of hydrogen-bond acceptors (Lipinski definition) is 2. The van der Waals surface area contributed by atoms with Crippen LogP contribution in [0.25, 0.3) is 0 Å². The Hall–Kier alpha value is -2.48. The molecule has 0 unspecified atom stereocenters. The van der Waals surface area contributed by atoms with Gasteiger partial charge in [-0.25, -0.2) is 0 Å². The number of Topliss-reactive ketones (excluding diaryl/α,β-unsaturated/α-hetero) is 2. The highest BCUT2D eigenvalue weighted by Crippen LogP contribution is 2.74. The monoisotopic (exact) mass is 372 g/mol. The molecule has 0 aliphatic heterocycles. The first kappa shape index (κ1) is 18.9. The second-order valence-corrected chi connectivity index (χ2v) is 9.18. The predicted octanol–water partition coefficient (Wildman–Crippen LogP) is 5.49. The summed E-state index contributed by atoms with van der Waals surface area (Å²) >= 11 is 0. The van der Waals surface area contributed by atoms with Crippen molar-refractivity contribution in [2.45, 2.75) is 53.4 Å². The number of rotatable bonds is 2. The van der Waals surface area contributed by atoms with Crippen LogP contribution in [0.15, 0.2) is 59.7 Å². The van der Waals surface area contributed by atoms with Gasteiger partial charge in [0.15, 0.2) is 11.6 Å². The van der Waals surface area contributed by atoms with Crippen molar-refractivity contribution in [1.29, 1.82) is 0 Å². The third-order valence-electron chi connectivity index (χ3n) is 7.86. The summed E-state index contributed by atoms with van der Waals surface area (Å²) in [4.78, 5) is 27.1. The van der Waals surface area contributed by atoms with Crippen molar-refractivity contribution in [2.75, 3.05) is 0 Å². The van der Waals surface area contributed by atoms with Gasteiger partial charge in [-0.2, -0.15) is 0 Å². The van der Waals surface area contributed by atoms with Crippen LogP contribution in [0.4, 0.5) is 0 Å².